The second-order valence-electron chi connectivity index (χ2n) is 8.66. The van der Waals surface area contributed by atoms with Gasteiger partial charge in [0, 0.05) is 24.7 Å². The zero-order valence-electron chi connectivity index (χ0n) is 21.7. The molecule has 0 aromatic heterocycles. The molecule has 2 rings (SSSR count). The highest BCUT2D eigenvalue weighted by Crippen LogP contribution is 2.24. The summed E-state index contributed by atoms with van der Waals surface area (Å²) in [5.74, 6) is -0.420. The van der Waals surface area contributed by atoms with Crippen LogP contribution in [0.3, 0.4) is 0 Å². The Morgan fingerprint density at radius 1 is 1.11 bits per heavy atom. The van der Waals surface area contributed by atoms with Gasteiger partial charge in [-0.15, -0.1) is 0 Å². The quantitative estimate of drug-likeness (QED) is 0.308. The van der Waals surface area contributed by atoms with Crippen LogP contribution in [-0.2, 0) is 26.2 Å². The van der Waals surface area contributed by atoms with Crippen LogP contribution in [0.15, 0.2) is 48.5 Å². The number of nitrogens with zero attached hydrogens (tertiary/aromatic N) is 3. The van der Waals surface area contributed by atoms with Gasteiger partial charge in [0.2, 0.25) is 21.8 Å². The van der Waals surface area contributed by atoms with E-state index in [0.29, 0.717) is 17.7 Å². The number of amides is 2. The van der Waals surface area contributed by atoms with Crippen LogP contribution in [0.4, 0.5) is 11.4 Å². The summed E-state index contributed by atoms with van der Waals surface area (Å²) in [5.41, 5.74) is 0.346. The Balaban J connectivity index is 2.49. The Hall–Kier alpha value is -3.67. The maximum Gasteiger partial charge on any atom is 0.271 e. The van der Waals surface area contributed by atoms with Gasteiger partial charge in [-0.05, 0) is 43.5 Å². The molecule has 202 valence electrons. The molecule has 0 saturated heterocycles. The summed E-state index contributed by atoms with van der Waals surface area (Å²) < 4.78 is 31.4. The second-order valence-corrected chi connectivity index (χ2v) is 10.6. The van der Waals surface area contributed by atoms with Crippen LogP contribution in [0.25, 0.3) is 0 Å². The van der Waals surface area contributed by atoms with Crippen LogP contribution in [0.1, 0.15) is 39.2 Å². The molecule has 2 aromatic rings. The van der Waals surface area contributed by atoms with Gasteiger partial charge in [-0.3, -0.25) is 24.0 Å². The van der Waals surface area contributed by atoms with E-state index in [0.717, 1.165) is 16.6 Å². The van der Waals surface area contributed by atoms with Gasteiger partial charge >= 0.3 is 0 Å². The van der Waals surface area contributed by atoms with E-state index in [1.54, 1.807) is 31.2 Å². The molecule has 11 nitrogen and oxygen atoms in total. The smallest absolute Gasteiger partial charge is 0.271 e. The lowest BCUT2D eigenvalue weighted by Crippen LogP contribution is -2.53. The third-order valence-corrected chi connectivity index (χ3v) is 7.02. The number of anilines is 1. The zero-order valence-corrected chi connectivity index (χ0v) is 22.5. The molecule has 0 spiro atoms. The number of nitro groups is 1. The van der Waals surface area contributed by atoms with Crippen molar-refractivity contribution in [2.75, 3.05) is 24.2 Å². The molecule has 0 unspecified atom stereocenters. The van der Waals surface area contributed by atoms with E-state index in [4.69, 9.17) is 4.74 Å². The lowest BCUT2D eigenvalue weighted by Gasteiger charge is -2.33. The van der Waals surface area contributed by atoms with E-state index < -0.39 is 33.4 Å². The summed E-state index contributed by atoms with van der Waals surface area (Å²) in [4.78, 5) is 38.7. The van der Waals surface area contributed by atoms with E-state index in [1.165, 1.54) is 30.2 Å². The van der Waals surface area contributed by atoms with Crippen molar-refractivity contribution in [2.45, 2.75) is 52.2 Å². The first-order valence-electron chi connectivity index (χ1n) is 11.9. The first kappa shape index (κ1) is 29.6. The molecule has 37 heavy (non-hydrogen) atoms. The fourth-order valence-corrected chi connectivity index (χ4v) is 4.54. The van der Waals surface area contributed by atoms with E-state index in [9.17, 15) is 28.1 Å². The van der Waals surface area contributed by atoms with E-state index in [-0.39, 0.29) is 36.3 Å². The summed E-state index contributed by atoms with van der Waals surface area (Å²) in [6.45, 7) is 4.92. The summed E-state index contributed by atoms with van der Waals surface area (Å²) in [6, 6.07) is 11.1. The maximum atomic E-state index is 13.7. The fourth-order valence-electron chi connectivity index (χ4n) is 3.70. The summed E-state index contributed by atoms with van der Waals surface area (Å²) in [7, 11) is -2.49. The van der Waals surface area contributed by atoms with Crippen molar-refractivity contribution in [1.29, 1.82) is 0 Å². The van der Waals surface area contributed by atoms with Crippen LogP contribution >= 0.6 is 0 Å². The van der Waals surface area contributed by atoms with Crippen LogP contribution < -0.4 is 14.4 Å². The van der Waals surface area contributed by atoms with Crippen LogP contribution in [0.2, 0.25) is 0 Å². The molecule has 2 amide bonds. The standard InChI is InChI=1S/C25H34N4O7S/c1-6-18(3)26-25(31)23(7-2)27(16-19-10-8-13-22(14-19)36-4)24(30)17-28(37(5,34)35)20-11-9-12-21(15-20)29(32)33/h8-15,18,23H,6-7,16-17H2,1-5H3,(H,26,31)/t18-,23-/m0/s1. The number of nitro benzene ring substituents is 1. The number of sulfonamides is 1. The summed E-state index contributed by atoms with van der Waals surface area (Å²) in [5, 5.41) is 14.1. The van der Waals surface area contributed by atoms with E-state index >= 15 is 0 Å². The highest BCUT2D eigenvalue weighted by Gasteiger charge is 2.32. The monoisotopic (exact) mass is 534 g/mol. The minimum absolute atomic E-state index is 0.0228. The maximum absolute atomic E-state index is 13.7. The zero-order chi connectivity index (χ0) is 27.8. The number of hydrogen-bond acceptors (Lipinski definition) is 7. The van der Waals surface area contributed by atoms with Crippen molar-refractivity contribution in [3.8, 4) is 5.75 Å². The van der Waals surface area contributed by atoms with Crippen LogP contribution in [0.5, 0.6) is 5.75 Å². The van der Waals surface area contributed by atoms with Crippen molar-refractivity contribution < 1.29 is 27.7 Å². The fraction of sp³-hybridized carbons (Fsp3) is 0.440. The van der Waals surface area contributed by atoms with Gasteiger partial charge in [0.15, 0.2) is 0 Å². The van der Waals surface area contributed by atoms with Crippen molar-refractivity contribution in [3.63, 3.8) is 0 Å². The Morgan fingerprint density at radius 2 is 1.78 bits per heavy atom. The predicted octanol–water partition coefficient (Wildman–Crippen LogP) is 3.09. The largest absolute Gasteiger partial charge is 0.497 e. The van der Waals surface area contributed by atoms with Gasteiger partial charge in [-0.1, -0.05) is 32.0 Å². The predicted molar refractivity (Wildman–Crippen MR) is 141 cm³/mol. The highest BCUT2D eigenvalue weighted by atomic mass is 32.2. The van der Waals surface area contributed by atoms with E-state index in [1.807, 2.05) is 13.8 Å². The second kappa shape index (κ2) is 13.0. The van der Waals surface area contributed by atoms with Gasteiger partial charge < -0.3 is 15.0 Å². The number of benzene rings is 2. The molecule has 0 aliphatic carbocycles. The summed E-state index contributed by atoms with van der Waals surface area (Å²) in [6.07, 6.45) is 1.90. The molecular weight excluding hydrogens is 500 g/mol. The Kier molecular flexibility index (Phi) is 10.4. The molecule has 2 aromatic carbocycles. The lowest BCUT2D eigenvalue weighted by molar-refractivity contribution is -0.384. The first-order valence-corrected chi connectivity index (χ1v) is 13.7. The van der Waals surface area contributed by atoms with E-state index in [2.05, 4.69) is 5.32 Å². The van der Waals surface area contributed by atoms with Crippen molar-refractivity contribution in [1.82, 2.24) is 10.2 Å². The van der Waals surface area contributed by atoms with Gasteiger partial charge in [0.1, 0.15) is 18.3 Å². The number of nitrogens with one attached hydrogen (secondary N) is 1. The average molecular weight is 535 g/mol. The van der Waals surface area contributed by atoms with Gasteiger partial charge in [-0.2, -0.15) is 0 Å². The number of hydrogen-bond donors (Lipinski definition) is 1. The molecule has 0 aliphatic rings. The number of non-ortho nitro benzene ring substituents is 1. The van der Waals surface area contributed by atoms with Crippen LogP contribution in [-0.4, -0.2) is 62.0 Å². The molecule has 1 N–H and O–H groups in total. The molecular formula is C25H34N4O7S. The average Bonchev–Trinajstić information content (AvgIpc) is 2.86. The van der Waals surface area contributed by atoms with Crippen LogP contribution in [0, 0.1) is 10.1 Å². The van der Waals surface area contributed by atoms with Crippen molar-refractivity contribution in [3.05, 3.63) is 64.2 Å². The summed E-state index contributed by atoms with van der Waals surface area (Å²) >= 11 is 0. The molecule has 0 aliphatic heterocycles. The number of carbonyl (C=O) groups excluding carboxylic acids is 2. The van der Waals surface area contributed by atoms with Gasteiger partial charge in [0.25, 0.3) is 5.69 Å². The Bertz CT molecular complexity index is 1220. The molecule has 0 fully saturated rings. The Morgan fingerprint density at radius 3 is 2.35 bits per heavy atom. The first-order chi connectivity index (χ1) is 17.4. The molecule has 12 heteroatoms. The highest BCUT2D eigenvalue weighted by molar-refractivity contribution is 7.92. The molecule has 0 radical (unpaired) electrons. The minimum Gasteiger partial charge on any atom is -0.497 e. The molecule has 0 heterocycles. The van der Waals surface area contributed by atoms with Gasteiger partial charge in [-0.25, -0.2) is 8.42 Å². The lowest BCUT2D eigenvalue weighted by atomic mass is 10.1. The number of methoxy groups -OCH3 is 1. The third-order valence-electron chi connectivity index (χ3n) is 5.88. The molecule has 2 atom stereocenters. The van der Waals surface area contributed by atoms with Gasteiger partial charge in [0.05, 0.1) is 24.0 Å². The molecule has 0 saturated carbocycles. The number of ether oxygens (including phenoxy) is 1. The number of rotatable bonds is 13. The normalized spacial score (nSPS) is 12.8. The van der Waals surface area contributed by atoms with Crippen molar-refractivity contribution >= 4 is 33.2 Å². The Labute approximate surface area is 217 Å². The SMILES string of the molecule is CC[C@H](C)NC(=O)[C@H](CC)N(Cc1cccc(OC)c1)C(=O)CN(c1cccc([N+](=O)[O-])c1)S(C)(=O)=O. The third kappa shape index (κ3) is 8.17. The number of carbonyl (C=O) groups is 2. The molecule has 0 bridgehead atoms. The minimum atomic E-state index is -4.01. The topological polar surface area (TPSA) is 139 Å². The van der Waals surface area contributed by atoms with Crippen molar-refractivity contribution in [2.24, 2.45) is 0 Å².